The lowest BCUT2D eigenvalue weighted by Crippen LogP contribution is -2.18. The van der Waals surface area contributed by atoms with Gasteiger partial charge in [-0.2, -0.15) is 9.67 Å². The van der Waals surface area contributed by atoms with Gasteiger partial charge in [-0.3, -0.25) is 14.9 Å². The van der Waals surface area contributed by atoms with Crippen LogP contribution in [0.3, 0.4) is 0 Å². The van der Waals surface area contributed by atoms with Gasteiger partial charge < -0.3 is 20.1 Å². The van der Waals surface area contributed by atoms with Gasteiger partial charge in [0.1, 0.15) is 16.5 Å². The van der Waals surface area contributed by atoms with E-state index < -0.39 is 10.8 Å². The lowest BCUT2D eigenvalue weighted by Gasteiger charge is -2.10. The van der Waals surface area contributed by atoms with E-state index in [0.29, 0.717) is 18.0 Å². The Bertz CT molecular complexity index is 1440. The maximum absolute atomic E-state index is 13.4. The average Bonchev–Trinajstić information content (AvgIpc) is 3.33. The number of anilines is 2. The number of nitrogens with one attached hydrogen (secondary N) is 2. The Labute approximate surface area is 217 Å². The van der Waals surface area contributed by atoms with Crippen molar-refractivity contribution in [3.05, 3.63) is 98.6 Å². The molecule has 12 heteroatoms. The molecule has 0 atom stereocenters. The Morgan fingerprint density at radius 1 is 0.973 bits per heavy atom. The summed E-state index contributed by atoms with van der Waals surface area (Å²) in [4.78, 5) is 28.5. The number of para-hydroxylation sites is 2. The van der Waals surface area contributed by atoms with E-state index in [2.05, 4.69) is 20.7 Å². The zero-order chi connectivity index (χ0) is 26.4. The van der Waals surface area contributed by atoms with Crippen LogP contribution in [0.25, 0.3) is 0 Å². The summed E-state index contributed by atoms with van der Waals surface area (Å²) >= 11 is 5.92. The van der Waals surface area contributed by atoms with E-state index in [0.717, 1.165) is 21.9 Å². The van der Waals surface area contributed by atoms with Gasteiger partial charge in [0.05, 0.1) is 19.1 Å². The van der Waals surface area contributed by atoms with Crippen molar-refractivity contribution in [1.82, 2.24) is 14.8 Å². The summed E-state index contributed by atoms with van der Waals surface area (Å²) in [5.41, 5.74) is 1.34. The number of nitrogens with zero attached hydrogens (tertiary/aromatic N) is 4. The normalized spacial score (nSPS) is 10.6. The molecule has 1 aromatic heterocycles. The molecule has 0 unspecified atom stereocenters. The maximum Gasteiger partial charge on any atom is 0.288 e. The highest BCUT2D eigenvalue weighted by atomic mass is 35.5. The topological polar surface area (TPSA) is 133 Å². The molecule has 0 aliphatic rings. The largest absolute Gasteiger partial charge is 0.496 e. The summed E-state index contributed by atoms with van der Waals surface area (Å²) in [6, 6.07) is 18.7. The molecule has 0 fully saturated rings. The van der Waals surface area contributed by atoms with Crippen molar-refractivity contribution in [3.8, 4) is 11.5 Å². The fourth-order valence-corrected chi connectivity index (χ4v) is 3.78. The first-order chi connectivity index (χ1) is 17.9. The molecule has 0 aliphatic heterocycles. The number of benzene rings is 3. The number of nitro groups is 1. The second-order valence-corrected chi connectivity index (χ2v) is 8.14. The summed E-state index contributed by atoms with van der Waals surface area (Å²) in [5, 5.41) is 21.8. The summed E-state index contributed by atoms with van der Waals surface area (Å²) in [6.07, 6.45) is 0. The number of hydrogen-bond acceptors (Lipinski definition) is 9. The smallest absolute Gasteiger partial charge is 0.288 e. The fourth-order valence-electron chi connectivity index (χ4n) is 3.60. The van der Waals surface area contributed by atoms with E-state index in [4.69, 9.17) is 21.1 Å². The third-order valence-corrected chi connectivity index (χ3v) is 5.77. The van der Waals surface area contributed by atoms with Crippen LogP contribution in [-0.4, -0.2) is 39.8 Å². The first kappa shape index (κ1) is 25.5. The highest BCUT2D eigenvalue weighted by Crippen LogP contribution is 2.26. The Kier molecular flexibility index (Phi) is 7.84. The molecule has 0 bridgehead atoms. The lowest BCUT2D eigenvalue weighted by atomic mass is 10.2. The van der Waals surface area contributed by atoms with Crippen LogP contribution in [0.15, 0.2) is 66.7 Å². The number of hydrogen-bond donors (Lipinski definition) is 2. The molecule has 11 nitrogen and oxygen atoms in total. The standard InChI is InChI=1S/C25H23ClN6O5/c1-36-21-9-5-3-7-17(21)14-27-24-29-25(28-15-18-8-4-6-10-22(18)37-2)31(30-24)23(33)16-11-12-19(26)20(13-16)32(34)35/h3-13H,14-15H2,1-2H3,(H2,27,28,29,30). The number of carbonyl (C=O) groups excluding carboxylic acids is 1. The molecule has 2 N–H and O–H groups in total. The third-order valence-electron chi connectivity index (χ3n) is 5.45. The van der Waals surface area contributed by atoms with Gasteiger partial charge in [0, 0.05) is 35.8 Å². The van der Waals surface area contributed by atoms with Gasteiger partial charge in [-0.15, -0.1) is 5.10 Å². The monoisotopic (exact) mass is 522 g/mol. The van der Waals surface area contributed by atoms with E-state index in [9.17, 15) is 14.9 Å². The number of methoxy groups -OCH3 is 2. The number of carbonyl (C=O) groups is 1. The molecule has 3 aromatic carbocycles. The second kappa shape index (κ2) is 11.4. The number of halogens is 1. The van der Waals surface area contributed by atoms with Crippen molar-refractivity contribution in [2.24, 2.45) is 0 Å². The molecule has 0 amide bonds. The molecule has 0 spiro atoms. The number of rotatable bonds is 10. The molecule has 37 heavy (non-hydrogen) atoms. The number of nitro benzene ring substituents is 1. The fraction of sp³-hybridized carbons (Fsp3) is 0.160. The van der Waals surface area contributed by atoms with Crippen molar-refractivity contribution in [2.75, 3.05) is 24.9 Å². The zero-order valence-electron chi connectivity index (χ0n) is 20.0. The molecule has 4 aromatic rings. The third kappa shape index (κ3) is 5.78. The minimum Gasteiger partial charge on any atom is -0.496 e. The maximum atomic E-state index is 13.4. The Hall–Kier alpha value is -4.64. The predicted molar refractivity (Wildman–Crippen MR) is 138 cm³/mol. The SMILES string of the molecule is COc1ccccc1CNc1nc(NCc2ccccc2OC)n(C(=O)c2ccc(Cl)c([N+](=O)[O-])c2)n1. The van der Waals surface area contributed by atoms with Crippen LogP contribution in [-0.2, 0) is 13.1 Å². The van der Waals surface area contributed by atoms with Gasteiger partial charge in [0.2, 0.25) is 11.9 Å². The first-order valence-electron chi connectivity index (χ1n) is 11.1. The van der Waals surface area contributed by atoms with Gasteiger partial charge in [-0.25, -0.2) is 0 Å². The van der Waals surface area contributed by atoms with Gasteiger partial charge in [-0.1, -0.05) is 48.0 Å². The van der Waals surface area contributed by atoms with E-state index in [-0.39, 0.29) is 34.7 Å². The van der Waals surface area contributed by atoms with Gasteiger partial charge in [0.25, 0.3) is 11.6 Å². The van der Waals surface area contributed by atoms with Crippen LogP contribution in [0.4, 0.5) is 17.6 Å². The summed E-state index contributed by atoms with van der Waals surface area (Å²) < 4.78 is 11.8. The van der Waals surface area contributed by atoms with E-state index in [1.807, 2.05) is 48.5 Å². The van der Waals surface area contributed by atoms with Gasteiger partial charge >= 0.3 is 0 Å². The Morgan fingerprint density at radius 3 is 2.16 bits per heavy atom. The molecule has 0 aliphatic carbocycles. The molecular weight excluding hydrogens is 500 g/mol. The minimum absolute atomic E-state index is 0.0256. The van der Waals surface area contributed by atoms with Crippen molar-refractivity contribution < 1.29 is 19.2 Å². The minimum atomic E-state index is -0.651. The number of aromatic nitrogens is 3. The summed E-state index contributed by atoms with van der Waals surface area (Å²) in [7, 11) is 3.15. The Balaban J connectivity index is 1.65. The van der Waals surface area contributed by atoms with E-state index >= 15 is 0 Å². The molecule has 0 saturated heterocycles. The average molecular weight is 523 g/mol. The van der Waals surface area contributed by atoms with Gasteiger partial charge in [0.15, 0.2) is 0 Å². The zero-order valence-corrected chi connectivity index (χ0v) is 20.7. The van der Waals surface area contributed by atoms with Crippen molar-refractivity contribution in [2.45, 2.75) is 13.1 Å². The molecular formula is C25H23ClN6O5. The van der Waals surface area contributed by atoms with Crippen molar-refractivity contribution in [3.63, 3.8) is 0 Å². The van der Waals surface area contributed by atoms with Crippen LogP contribution < -0.4 is 20.1 Å². The van der Waals surface area contributed by atoms with Crippen molar-refractivity contribution in [1.29, 1.82) is 0 Å². The molecule has 0 radical (unpaired) electrons. The quantitative estimate of drug-likeness (QED) is 0.223. The predicted octanol–water partition coefficient (Wildman–Crippen LogP) is 4.77. The van der Waals surface area contributed by atoms with Crippen LogP contribution in [0.2, 0.25) is 5.02 Å². The van der Waals surface area contributed by atoms with Crippen molar-refractivity contribution >= 4 is 35.1 Å². The van der Waals surface area contributed by atoms with Gasteiger partial charge in [-0.05, 0) is 24.3 Å². The number of ether oxygens (including phenoxy) is 2. The first-order valence-corrected chi connectivity index (χ1v) is 11.5. The molecule has 0 saturated carbocycles. The van der Waals surface area contributed by atoms with Crippen LogP contribution >= 0.6 is 11.6 Å². The van der Waals surface area contributed by atoms with Crippen LogP contribution in [0, 0.1) is 10.1 Å². The second-order valence-electron chi connectivity index (χ2n) is 7.73. The highest BCUT2D eigenvalue weighted by molar-refractivity contribution is 6.32. The lowest BCUT2D eigenvalue weighted by molar-refractivity contribution is -0.384. The van der Waals surface area contributed by atoms with E-state index in [1.165, 1.54) is 12.1 Å². The Morgan fingerprint density at radius 2 is 1.57 bits per heavy atom. The molecule has 4 rings (SSSR count). The summed E-state index contributed by atoms with van der Waals surface area (Å²) in [5.74, 6) is 1.03. The van der Waals surface area contributed by atoms with Crippen LogP contribution in [0.5, 0.6) is 11.5 Å². The summed E-state index contributed by atoms with van der Waals surface area (Å²) in [6.45, 7) is 0.614. The van der Waals surface area contributed by atoms with Crippen LogP contribution in [0.1, 0.15) is 21.5 Å². The van der Waals surface area contributed by atoms with E-state index in [1.54, 1.807) is 14.2 Å². The molecule has 1 heterocycles. The molecule has 190 valence electrons. The highest BCUT2D eigenvalue weighted by Gasteiger charge is 2.22.